The smallest absolute Gasteiger partial charge is 0.239 e. The summed E-state index contributed by atoms with van der Waals surface area (Å²) in [6.45, 7) is 0.733. The number of ether oxygens (including phenoxy) is 2. The maximum absolute atomic E-state index is 5.28. The summed E-state index contributed by atoms with van der Waals surface area (Å²) < 4.78 is 10.5. The van der Waals surface area contributed by atoms with Crippen LogP contribution in [0.4, 0.5) is 11.8 Å². The van der Waals surface area contributed by atoms with Crippen molar-refractivity contribution in [2.24, 2.45) is 5.84 Å². The summed E-state index contributed by atoms with van der Waals surface area (Å²) in [5.74, 6) is 7.82. The van der Waals surface area contributed by atoms with E-state index in [2.05, 4.69) is 20.7 Å². The van der Waals surface area contributed by atoms with Gasteiger partial charge < -0.3 is 14.8 Å². The van der Waals surface area contributed by atoms with E-state index in [0.29, 0.717) is 5.95 Å². The van der Waals surface area contributed by atoms with Crippen LogP contribution in [-0.2, 0) is 6.42 Å². The first-order valence-corrected chi connectivity index (χ1v) is 6.51. The molecule has 0 amide bonds. The monoisotopic (exact) mass is 289 g/mol. The van der Waals surface area contributed by atoms with E-state index in [-0.39, 0.29) is 0 Å². The van der Waals surface area contributed by atoms with Crippen LogP contribution >= 0.6 is 0 Å². The molecule has 0 aliphatic rings. The summed E-state index contributed by atoms with van der Waals surface area (Å²) in [7, 11) is 3.25. The molecule has 0 spiro atoms. The van der Waals surface area contributed by atoms with Gasteiger partial charge in [-0.1, -0.05) is 6.07 Å². The minimum absolute atomic E-state index is 0.381. The SMILES string of the molecule is COc1ccc(CCNc2ccnc(NN)n2)cc1OC. The number of hydrazine groups is 1. The van der Waals surface area contributed by atoms with Gasteiger partial charge in [0.2, 0.25) is 5.95 Å². The standard InChI is InChI=1S/C14H19N5O2/c1-20-11-4-3-10(9-12(11)21-2)5-7-16-13-6-8-17-14(18-13)19-15/h3-4,6,8-9H,5,7,15H2,1-2H3,(H2,16,17,18,19). The second kappa shape index (κ2) is 7.30. The van der Waals surface area contributed by atoms with Crippen LogP contribution in [0, 0.1) is 0 Å². The van der Waals surface area contributed by atoms with Gasteiger partial charge in [0, 0.05) is 12.7 Å². The number of aromatic nitrogens is 2. The number of nitrogens with two attached hydrogens (primary N) is 1. The lowest BCUT2D eigenvalue weighted by molar-refractivity contribution is 0.354. The third-order valence-corrected chi connectivity index (χ3v) is 2.95. The normalized spacial score (nSPS) is 10.0. The first-order valence-electron chi connectivity index (χ1n) is 6.51. The highest BCUT2D eigenvalue weighted by Crippen LogP contribution is 2.27. The number of hydrogen-bond donors (Lipinski definition) is 3. The second-order valence-electron chi connectivity index (χ2n) is 4.28. The molecule has 7 heteroatoms. The van der Waals surface area contributed by atoms with E-state index < -0.39 is 0 Å². The van der Waals surface area contributed by atoms with Crippen LogP contribution in [-0.4, -0.2) is 30.7 Å². The van der Waals surface area contributed by atoms with Crippen LogP contribution in [0.5, 0.6) is 11.5 Å². The lowest BCUT2D eigenvalue weighted by Gasteiger charge is -2.10. The van der Waals surface area contributed by atoms with Gasteiger partial charge in [-0.05, 0) is 30.2 Å². The molecule has 112 valence electrons. The van der Waals surface area contributed by atoms with Gasteiger partial charge in [-0.3, -0.25) is 5.43 Å². The first-order chi connectivity index (χ1) is 10.3. The molecular weight excluding hydrogens is 270 g/mol. The van der Waals surface area contributed by atoms with Crippen molar-refractivity contribution in [3.8, 4) is 11.5 Å². The molecular formula is C14H19N5O2. The number of anilines is 2. The highest BCUT2D eigenvalue weighted by molar-refractivity contribution is 5.43. The van der Waals surface area contributed by atoms with E-state index in [9.17, 15) is 0 Å². The molecule has 0 aliphatic carbocycles. The fraction of sp³-hybridized carbons (Fsp3) is 0.286. The lowest BCUT2D eigenvalue weighted by Crippen LogP contribution is -2.12. The highest BCUT2D eigenvalue weighted by Gasteiger charge is 2.04. The average Bonchev–Trinajstić information content (AvgIpc) is 2.55. The Morgan fingerprint density at radius 3 is 2.67 bits per heavy atom. The second-order valence-corrected chi connectivity index (χ2v) is 4.28. The molecule has 2 aromatic rings. The Morgan fingerprint density at radius 1 is 1.14 bits per heavy atom. The number of nitrogens with zero attached hydrogens (tertiary/aromatic N) is 2. The van der Waals surface area contributed by atoms with E-state index in [4.69, 9.17) is 15.3 Å². The minimum Gasteiger partial charge on any atom is -0.493 e. The molecule has 0 bridgehead atoms. The Bertz CT molecular complexity index is 591. The molecule has 1 heterocycles. The predicted molar refractivity (Wildman–Crippen MR) is 81.6 cm³/mol. The van der Waals surface area contributed by atoms with E-state index >= 15 is 0 Å². The zero-order valence-electron chi connectivity index (χ0n) is 12.1. The quantitative estimate of drug-likeness (QED) is 0.524. The van der Waals surface area contributed by atoms with Crippen LogP contribution in [0.15, 0.2) is 30.5 Å². The Balaban J connectivity index is 1.93. The van der Waals surface area contributed by atoms with Gasteiger partial charge in [0.1, 0.15) is 5.82 Å². The van der Waals surface area contributed by atoms with Crippen molar-refractivity contribution in [3.63, 3.8) is 0 Å². The number of hydrogen-bond acceptors (Lipinski definition) is 7. The fourth-order valence-electron chi connectivity index (χ4n) is 1.90. The zero-order valence-corrected chi connectivity index (χ0v) is 12.1. The number of nitrogen functional groups attached to an aromatic ring is 1. The van der Waals surface area contributed by atoms with Gasteiger partial charge >= 0.3 is 0 Å². The molecule has 0 radical (unpaired) electrons. The molecule has 0 saturated carbocycles. The summed E-state index contributed by atoms with van der Waals surface area (Å²) in [5.41, 5.74) is 3.56. The fourth-order valence-corrected chi connectivity index (χ4v) is 1.90. The Hall–Kier alpha value is -2.54. The van der Waals surface area contributed by atoms with E-state index in [1.807, 2.05) is 18.2 Å². The van der Waals surface area contributed by atoms with Gasteiger partial charge in [0.25, 0.3) is 0 Å². The van der Waals surface area contributed by atoms with E-state index in [1.54, 1.807) is 26.5 Å². The maximum atomic E-state index is 5.28. The molecule has 2 rings (SSSR count). The Kier molecular flexibility index (Phi) is 5.16. The summed E-state index contributed by atoms with van der Waals surface area (Å²) >= 11 is 0. The highest BCUT2D eigenvalue weighted by atomic mass is 16.5. The van der Waals surface area contributed by atoms with Crippen LogP contribution in [0.25, 0.3) is 0 Å². The summed E-state index contributed by atoms with van der Waals surface area (Å²) in [6, 6.07) is 7.66. The van der Waals surface area contributed by atoms with Crippen molar-refractivity contribution in [2.75, 3.05) is 31.5 Å². The zero-order chi connectivity index (χ0) is 15.1. The maximum Gasteiger partial charge on any atom is 0.239 e. The molecule has 21 heavy (non-hydrogen) atoms. The lowest BCUT2D eigenvalue weighted by atomic mass is 10.1. The van der Waals surface area contributed by atoms with Crippen molar-refractivity contribution in [1.82, 2.24) is 9.97 Å². The van der Waals surface area contributed by atoms with Crippen LogP contribution in [0.3, 0.4) is 0 Å². The number of nitrogens with one attached hydrogen (secondary N) is 2. The largest absolute Gasteiger partial charge is 0.493 e. The van der Waals surface area contributed by atoms with Crippen LogP contribution < -0.4 is 26.1 Å². The summed E-state index contributed by atoms with van der Waals surface area (Å²) in [5, 5.41) is 3.22. The van der Waals surface area contributed by atoms with Gasteiger partial charge in [-0.2, -0.15) is 4.98 Å². The van der Waals surface area contributed by atoms with Gasteiger partial charge in [0.05, 0.1) is 14.2 Å². The molecule has 0 fully saturated rings. The van der Waals surface area contributed by atoms with Crippen LogP contribution in [0.2, 0.25) is 0 Å². The molecule has 0 atom stereocenters. The molecule has 4 N–H and O–H groups in total. The summed E-state index contributed by atoms with van der Waals surface area (Å²) in [6.07, 6.45) is 2.47. The molecule has 0 unspecified atom stereocenters. The Morgan fingerprint density at radius 2 is 1.95 bits per heavy atom. The van der Waals surface area contributed by atoms with Gasteiger partial charge in [0.15, 0.2) is 11.5 Å². The average molecular weight is 289 g/mol. The van der Waals surface area contributed by atoms with E-state index in [1.165, 1.54) is 0 Å². The molecule has 7 nitrogen and oxygen atoms in total. The van der Waals surface area contributed by atoms with Gasteiger partial charge in [-0.25, -0.2) is 10.8 Å². The van der Waals surface area contributed by atoms with Crippen molar-refractivity contribution >= 4 is 11.8 Å². The number of methoxy groups -OCH3 is 2. The molecule has 0 saturated heterocycles. The van der Waals surface area contributed by atoms with E-state index in [0.717, 1.165) is 35.8 Å². The van der Waals surface area contributed by atoms with Gasteiger partial charge in [-0.15, -0.1) is 0 Å². The van der Waals surface area contributed by atoms with Crippen molar-refractivity contribution in [1.29, 1.82) is 0 Å². The number of rotatable bonds is 7. The minimum atomic E-state index is 0.381. The summed E-state index contributed by atoms with van der Waals surface area (Å²) in [4.78, 5) is 8.13. The van der Waals surface area contributed by atoms with Crippen molar-refractivity contribution in [2.45, 2.75) is 6.42 Å². The third-order valence-electron chi connectivity index (χ3n) is 2.95. The van der Waals surface area contributed by atoms with Crippen LogP contribution in [0.1, 0.15) is 5.56 Å². The molecule has 1 aromatic heterocycles. The number of benzene rings is 1. The molecule has 1 aromatic carbocycles. The van der Waals surface area contributed by atoms with Crippen molar-refractivity contribution < 1.29 is 9.47 Å². The third kappa shape index (κ3) is 3.96. The van der Waals surface area contributed by atoms with Crippen molar-refractivity contribution in [3.05, 3.63) is 36.0 Å². The topological polar surface area (TPSA) is 94.3 Å². The predicted octanol–water partition coefficient (Wildman–Crippen LogP) is 1.43. The first kappa shape index (κ1) is 14.9. The molecule has 0 aliphatic heterocycles. The Labute approximate surface area is 123 Å².